The molecule has 0 heterocycles. The maximum Gasteiger partial charge on any atom is 0.352 e. The van der Waals surface area contributed by atoms with E-state index in [4.69, 9.17) is 9.47 Å². The van der Waals surface area contributed by atoms with Crippen molar-refractivity contribution in [3.63, 3.8) is 0 Å². The number of ether oxygens (including phenoxy) is 2. The summed E-state index contributed by atoms with van der Waals surface area (Å²) < 4.78 is 11.0. The number of hydrogen-bond donors (Lipinski definition) is 1. The van der Waals surface area contributed by atoms with Crippen LogP contribution in [-0.4, -0.2) is 30.2 Å². The molecule has 0 aliphatic heterocycles. The summed E-state index contributed by atoms with van der Waals surface area (Å²) in [7, 11) is 0. The minimum atomic E-state index is -0.459. The molecule has 0 atom stereocenters. The van der Waals surface area contributed by atoms with Gasteiger partial charge in [0.15, 0.2) is 0 Å². The summed E-state index contributed by atoms with van der Waals surface area (Å²) in [4.78, 5) is 10.8. The van der Waals surface area contributed by atoms with Crippen molar-refractivity contribution in [3.8, 4) is 11.5 Å². The van der Waals surface area contributed by atoms with Gasteiger partial charge >= 0.3 is 5.69 Å². The van der Waals surface area contributed by atoms with Crippen LogP contribution in [0.4, 0.5) is 5.69 Å². The van der Waals surface area contributed by atoms with Gasteiger partial charge in [0.1, 0.15) is 0 Å². The van der Waals surface area contributed by atoms with Gasteiger partial charge in [-0.15, -0.1) is 0 Å². The SMILES string of the molecule is CC(C)NCCCOc1cccc(OC(C)C)c1[N+](=O)[O-]. The van der Waals surface area contributed by atoms with Crippen molar-refractivity contribution in [1.82, 2.24) is 5.32 Å². The lowest BCUT2D eigenvalue weighted by Gasteiger charge is -2.13. The average molecular weight is 296 g/mol. The summed E-state index contributed by atoms with van der Waals surface area (Å²) in [6.07, 6.45) is 0.652. The van der Waals surface area contributed by atoms with Crippen LogP contribution in [0.15, 0.2) is 18.2 Å². The van der Waals surface area contributed by atoms with Crippen molar-refractivity contribution < 1.29 is 14.4 Å². The molecule has 1 aromatic rings. The molecule has 0 unspecified atom stereocenters. The van der Waals surface area contributed by atoms with Crippen LogP contribution in [0.5, 0.6) is 11.5 Å². The normalized spacial score (nSPS) is 11.0. The third kappa shape index (κ3) is 5.99. The van der Waals surface area contributed by atoms with E-state index in [2.05, 4.69) is 19.2 Å². The number of nitro benzene ring substituents is 1. The number of hydrogen-bond acceptors (Lipinski definition) is 5. The van der Waals surface area contributed by atoms with E-state index in [1.165, 1.54) is 0 Å². The van der Waals surface area contributed by atoms with Gasteiger partial charge in [-0.3, -0.25) is 10.1 Å². The summed E-state index contributed by atoms with van der Waals surface area (Å²) in [5.41, 5.74) is -0.108. The third-order valence-electron chi connectivity index (χ3n) is 2.64. The number of nitro groups is 1. The van der Waals surface area contributed by atoms with Gasteiger partial charge in [-0.2, -0.15) is 0 Å². The zero-order chi connectivity index (χ0) is 15.8. The standard InChI is InChI=1S/C15H24N2O4/c1-11(2)16-9-6-10-20-13-7-5-8-14(21-12(3)4)15(13)17(18)19/h5,7-8,11-12,16H,6,9-10H2,1-4H3. The highest BCUT2D eigenvalue weighted by molar-refractivity contribution is 5.57. The first-order chi connectivity index (χ1) is 9.91. The van der Waals surface area contributed by atoms with Gasteiger partial charge in [0.25, 0.3) is 0 Å². The van der Waals surface area contributed by atoms with E-state index in [-0.39, 0.29) is 23.3 Å². The summed E-state index contributed by atoms with van der Waals surface area (Å²) in [5.74, 6) is 0.496. The molecule has 0 aliphatic rings. The average Bonchev–Trinajstić information content (AvgIpc) is 2.36. The van der Waals surface area contributed by atoms with Gasteiger partial charge in [-0.05, 0) is 38.9 Å². The first kappa shape index (κ1) is 17.2. The van der Waals surface area contributed by atoms with Gasteiger partial charge in [-0.25, -0.2) is 0 Å². The Balaban J connectivity index is 2.70. The fourth-order valence-corrected chi connectivity index (χ4v) is 1.79. The molecule has 0 saturated carbocycles. The van der Waals surface area contributed by atoms with Crippen LogP contribution in [0.1, 0.15) is 34.1 Å². The molecule has 0 bridgehead atoms. The topological polar surface area (TPSA) is 73.6 Å². The minimum Gasteiger partial charge on any atom is -0.487 e. The smallest absolute Gasteiger partial charge is 0.352 e. The Hall–Kier alpha value is -1.82. The number of benzene rings is 1. The van der Waals surface area contributed by atoms with Gasteiger partial charge in [0.2, 0.25) is 11.5 Å². The Morgan fingerprint density at radius 1 is 1.24 bits per heavy atom. The van der Waals surface area contributed by atoms with Crippen molar-refractivity contribution in [2.75, 3.05) is 13.2 Å². The van der Waals surface area contributed by atoms with Crippen LogP contribution in [-0.2, 0) is 0 Å². The van der Waals surface area contributed by atoms with Crippen LogP contribution in [0.2, 0.25) is 0 Å². The maximum atomic E-state index is 11.2. The third-order valence-corrected chi connectivity index (χ3v) is 2.64. The molecule has 0 radical (unpaired) electrons. The molecule has 0 aromatic heterocycles. The van der Waals surface area contributed by atoms with Gasteiger partial charge in [0.05, 0.1) is 17.6 Å². The van der Waals surface area contributed by atoms with Gasteiger partial charge in [-0.1, -0.05) is 19.9 Å². The summed E-state index contributed by atoms with van der Waals surface area (Å²) in [6.45, 7) is 9.03. The Morgan fingerprint density at radius 2 is 1.90 bits per heavy atom. The Kier molecular flexibility index (Phi) is 6.94. The number of rotatable bonds is 9. The summed E-state index contributed by atoms with van der Waals surface area (Å²) in [5, 5.41) is 14.5. The molecule has 0 aliphatic carbocycles. The minimum absolute atomic E-state index is 0.108. The molecule has 1 N–H and O–H groups in total. The molecule has 1 aromatic carbocycles. The highest BCUT2D eigenvalue weighted by Crippen LogP contribution is 2.37. The predicted octanol–water partition coefficient (Wildman–Crippen LogP) is 3.15. The zero-order valence-corrected chi connectivity index (χ0v) is 13.1. The molecule has 21 heavy (non-hydrogen) atoms. The molecule has 6 heteroatoms. The van der Waals surface area contributed by atoms with Crippen molar-refractivity contribution >= 4 is 5.69 Å². The largest absolute Gasteiger partial charge is 0.487 e. The molecular formula is C15H24N2O4. The van der Waals surface area contributed by atoms with Crippen LogP contribution in [0.25, 0.3) is 0 Å². The van der Waals surface area contributed by atoms with Gasteiger partial charge < -0.3 is 14.8 Å². The zero-order valence-electron chi connectivity index (χ0n) is 13.1. The molecule has 0 fully saturated rings. The van der Waals surface area contributed by atoms with E-state index >= 15 is 0 Å². The second-order valence-electron chi connectivity index (χ2n) is 5.34. The second-order valence-corrected chi connectivity index (χ2v) is 5.34. The van der Waals surface area contributed by atoms with Crippen molar-refractivity contribution in [3.05, 3.63) is 28.3 Å². The summed E-state index contributed by atoms with van der Waals surface area (Å²) >= 11 is 0. The Bertz CT molecular complexity index is 461. The first-order valence-corrected chi connectivity index (χ1v) is 7.22. The second kappa shape index (κ2) is 8.46. The van der Waals surface area contributed by atoms with E-state index in [9.17, 15) is 10.1 Å². The fourth-order valence-electron chi connectivity index (χ4n) is 1.79. The van der Waals surface area contributed by atoms with E-state index in [1.807, 2.05) is 13.8 Å². The Labute approximate surface area is 125 Å². The van der Waals surface area contributed by atoms with Crippen molar-refractivity contribution in [2.45, 2.75) is 46.3 Å². The van der Waals surface area contributed by atoms with Crippen LogP contribution < -0.4 is 14.8 Å². The lowest BCUT2D eigenvalue weighted by Crippen LogP contribution is -2.24. The first-order valence-electron chi connectivity index (χ1n) is 7.22. The molecule has 118 valence electrons. The van der Waals surface area contributed by atoms with Crippen molar-refractivity contribution in [1.29, 1.82) is 0 Å². The van der Waals surface area contributed by atoms with Crippen LogP contribution in [0, 0.1) is 10.1 Å². The van der Waals surface area contributed by atoms with E-state index in [1.54, 1.807) is 18.2 Å². The molecule has 0 saturated heterocycles. The van der Waals surface area contributed by atoms with E-state index in [0.29, 0.717) is 12.6 Å². The van der Waals surface area contributed by atoms with E-state index in [0.717, 1.165) is 13.0 Å². The van der Waals surface area contributed by atoms with Crippen molar-refractivity contribution in [2.24, 2.45) is 0 Å². The molecule has 1 rings (SSSR count). The molecule has 0 spiro atoms. The lowest BCUT2D eigenvalue weighted by atomic mass is 10.2. The number of para-hydroxylation sites is 1. The molecule has 6 nitrogen and oxygen atoms in total. The Morgan fingerprint density at radius 3 is 2.48 bits per heavy atom. The maximum absolute atomic E-state index is 11.2. The fraction of sp³-hybridized carbons (Fsp3) is 0.600. The van der Waals surface area contributed by atoms with Gasteiger partial charge in [0, 0.05) is 6.04 Å². The number of nitrogens with one attached hydrogen (secondary N) is 1. The van der Waals surface area contributed by atoms with E-state index < -0.39 is 4.92 Å². The van der Waals surface area contributed by atoms with Crippen LogP contribution in [0.3, 0.4) is 0 Å². The highest BCUT2D eigenvalue weighted by atomic mass is 16.6. The molecular weight excluding hydrogens is 272 g/mol. The quantitative estimate of drug-likeness (QED) is 0.430. The highest BCUT2D eigenvalue weighted by Gasteiger charge is 2.22. The lowest BCUT2D eigenvalue weighted by molar-refractivity contribution is -0.387. The predicted molar refractivity (Wildman–Crippen MR) is 82.1 cm³/mol. The molecule has 0 amide bonds. The number of nitrogens with zero attached hydrogens (tertiary/aromatic N) is 1. The monoisotopic (exact) mass is 296 g/mol. The summed E-state index contributed by atoms with van der Waals surface area (Å²) in [6, 6.07) is 5.31. The van der Waals surface area contributed by atoms with Crippen LogP contribution >= 0.6 is 0 Å².